The average Bonchev–Trinajstić information content (AvgIpc) is 2.69. The minimum Gasteiger partial charge on any atom is -0.353 e. The van der Waals surface area contributed by atoms with Crippen LogP contribution in [0.1, 0.15) is 12.5 Å². The molecule has 2 aromatic carbocycles. The van der Waals surface area contributed by atoms with Gasteiger partial charge in [0.1, 0.15) is 5.82 Å². The maximum atomic E-state index is 4.82. The van der Waals surface area contributed by atoms with Crippen LogP contribution in [0.25, 0.3) is 11.3 Å². The lowest BCUT2D eigenvalue weighted by Gasteiger charge is -2.24. The number of benzene rings is 2. The Kier molecular flexibility index (Phi) is 6.61. The van der Waals surface area contributed by atoms with Gasteiger partial charge in [-0.25, -0.2) is 4.98 Å². The zero-order valence-electron chi connectivity index (χ0n) is 17.2. The van der Waals surface area contributed by atoms with Crippen LogP contribution in [0.15, 0.2) is 60.7 Å². The molecule has 0 saturated heterocycles. The molecule has 5 heteroatoms. The second-order valence-corrected chi connectivity index (χ2v) is 7.11. The van der Waals surface area contributed by atoms with E-state index >= 15 is 0 Å². The summed E-state index contributed by atoms with van der Waals surface area (Å²) in [6.45, 7) is 6.80. The fraction of sp³-hybridized carbons (Fsp3) is 0.304. The highest BCUT2D eigenvalue weighted by Crippen LogP contribution is 2.28. The van der Waals surface area contributed by atoms with E-state index in [0.29, 0.717) is 5.95 Å². The van der Waals surface area contributed by atoms with Crippen molar-refractivity contribution >= 4 is 17.5 Å². The number of nitrogens with zero attached hydrogens (tertiary/aromatic N) is 4. The molecule has 0 saturated carbocycles. The van der Waals surface area contributed by atoms with Crippen molar-refractivity contribution < 1.29 is 0 Å². The van der Waals surface area contributed by atoms with Gasteiger partial charge in [-0.1, -0.05) is 42.5 Å². The number of hydrogen-bond donors (Lipinski definition) is 1. The van der Waals surface area contributed by atoms with Crippen LogP contribution in [0.3, 0.4) is 0 Å². The molecule has 1 aromatic heterocycles. The second kappa shape index (κ2) is 9.33. The van der Waals surface area contributed by atoms with Crippen molar-refractivity contribution in [1.82, 2.24) is 14.9 Å². The summed E-state index contributed by atoms with van der Waals surface area (Å²) in [5, 5.41) is 3.38. The summed E-state index contributed by atoms with van der Waals surface area (Å²) in [6, 6.07) is 20.8. The number of rotatable bonds is 8. The van der Waals surface area contributed by atoms with Crippen molar-refractivity contribution in [2.75, 3.05) is 43.9 Å². The Hall–Kier alpha value is -2.92. The topological polar surface area (TPSA) is 44.3 Å². The predicted octanol–water partition coefficient (Wildman–Crippen LogP) is 4.58. The molecule has 0 radical (unpaired) electrons. The van der Waals surface area contributed by atoms with Crippen LogP contribution in [0.4, 0.5) is 17.5 Å². The van der Waals surface area contributed by atoms with E-state index in [-0.39, 0.29) is 0 Å². The second-order valence-electron chi connectivity index (χ2n) is 7.11. The van der Waals surface area contributed by atoms with Gasteiger partial charge in [-0.3, -0.25) is 0 Å². The zero-order valence-corrected chi connectivity index (χ0v) is 17.2. The molecule has 28 heavy (non-hydrogen) atoms. The normalized spacial score (nSPS) is 10.9. The zero-order chi connectivity index (χ0) is 19.9. The Bertz CT molecular complexity index is 893. The maximum absolute atomic E-state index is 4.82. The molecule has 0 aliphatic rings. The number of likely N-dealkylation sites (N-methyl/N-ethyl adjacent to an activating group) is 1. The number of aromatic nitrogens is 2. The molecule has 1 N–H and O–H groups in total. The highest BCUT2D eigenvalue weighted by molar-refractivity contribution is 5.69. The number of nitrogens with one attached hydrogen (secondary N) is 1. The summed E-state index contributed by atoms with van der Waals surface area (Å²) >= 11 is 0. The third-order valence-corrected chi connectivity index (χ3v) is 4.53. The lowest BCUT2D eigenvalue weighted by atomic mass is 10.1. The van der Waals surface area contributed by atoms with Crippen LogP contribution in [0.2, 0.25) is 0 Å². The number of anilines is 3. The van der Waals surface area contributed by atoms with Gasteiger partial charge in [0.05, 0.1) is 5.69 Å². The fourth-order valence-corrected chi connectivity index (χ4v) is 3.07. The van der Waals surface area contributed by atoms with Gasteiger partial charge in [-0.15, -0.1) is 0 Å². The summed E-state index contributed by atoms with van der Waals surface area (Å²) in [5.41, 5.74) is 4.38. The molecule has 0 aliphatic heterocycles. The molecule has 0 unspecified atom stereocenters. The molecule has 146 valence electrons. The Morgan fingerprint density at radius 3 is 2.39 bits per heavy atom. The molecule has 3 rings (SSSR count). The van der Waals surface area contributed by atoms with Gasteiger partial charge in [0.2, 0.25) is 5.95 Å². The van der Waals surface area contributed by atoms with Gasteiger partial charge in [-0.05, 0) is 45.6 Å². The average molecular weight is 376 g/mol. The molecule has 0 bridgehead atoms. The van der Waals surface area contributed by atoms with E-state index in [1.807, 2.05) is 18.2 Å². The third-order valence-electron chi connectivity index (χ3n) is 4.53. The third kappa shape index (κ3) is 5.08. The number of aryl methyl sites for hydroxylation is 1. The van der Waals surface area contributed by atoms with Gasteiger partial charge in [0.25, 0.3) is 0 Å². The Balaban J connectivity index is 2.00. The maximum Gasteiger partial charge on any atom is 0.225 e. The Morgan fingerprint density at radius 2 is 1.71 bits per heavy atom. The molecule has 0 amide bonds. The molecule has 5 nitrogen and oxygen atoms in total. The monoisotopic (exact) mass is 375 g/mol. The van der Waals surface area contributed by atoms with E-state index in [4.69, 9.17) is 9.97 Å². The summed E-state index contributed by atoms with van der Waals surface area (Å²) in [4.78, 5) is 13.9. The van der Waals surface area contributed by atoms with Gasteiger partial charge in [0.15, 0.2) is 0 Å². The van der Waals surface area contributed by atoms with Gasteiger partial charge in [0, 0.05) is 37.0 Å². The van der Waals surface area contributed by atoms with Crippen LogP contribution in [-0.4, -0.2) is 48.6 Å². The summed E-state index contributed by atoms with van der Waals surface area (Å²) in [5.74, 6) is 1.55. The van der Waals surface area contributed by atoms with Crippen molar-refractivity contribution in [3.63, 3.8) is 0 Å². The molecule has 3 aromatic rings. The smallest absolute Gasteiger partial charge is 0.225 e. The van der Waals surface area contributed by atoms with Gasteiger partial charge >= 0.3 is 0 Å². The van der Waals surface area contributed by atoms with Crippen molar-refractivity contribution in [2.45, 2.75) is 13.8 Å². The van der Waals surface area contributed by atoms with Gasteiger partial charge in [-0.2, -0.15) is 4.98 Å². The van der Waals surface area contributed by atoms with E-state index in [1.54, 1.807) is 0 Å². The highest BCUT2D eigenvalue weighted by Gasteiger charge is 2.13. The van der Waals surface area contributed by atoms with Crippen molar-refractivity contribution in [3.05, 3.63) is 66.2 Å². The van der Waals surface area contributed by atoms with Crippen LogP contribution >= 0.6 is 0 Å². The summed E-state index contributed by atoms with van der Waals surface area (Å²) < 4.78 is 0. The first-order chi connectivity index (χ1) is 13.6. The van der Waals surface area contributed by atoms with E-state index < -0.39 is 0 Å². The van der Waals surface area contributed by atoms with Gasteiger partial charge < -0.3 is 15.1 Å². The Morgan fingerprint density at radius 1 is 0.929 bits per heavy atom. The molecule has 0 spiro atoms. The molecule has 0 atom stereocenters. The molecular formula is C23H29N5. The van der Waals surface area contributed by atoms with E-state index in [0.717, 1.165) is 42.4 Å². The van der Waals surface area contributed by atoms with Crippen LogP contribution in [-0.2, 0) is 0 Å². The lowest BCUT2D eigenvalue weighted by molar-refractivity contribution is 0.425. The first-order valence-electron chi connectivity index (χ1n) is 9.74. The quantitative estimate of drug-likeness (QED) is 0.624. The number of hydrogen-bond acceptors (Lipinski definition) is 5. The van der Waals surface area contributed by atoms with E-state index in [2.05, 4.69) is 85.5 Å². The fourth-order valence-electron chi connectivity index (χ4n) is 3.07. The minimum atomic E-state index is 0.657. The molecule has 0 aliphatic carbocycles. The van der Waals surface area contributed by atoms with Crippen molar-refractivity contribution in [2.24, 2.45) is 0 Å². The van der Waals surface area contributed by atoms with Crippen LogP contribution < -0.4 is 10.2 Å². The van der Waals surface area contributed by atoms with Crippen LogP contribution in [0, 0.1) is 6.92 Å². The van der Waals surface area contributed by atoms with Crippen molar-refractivity contribution in [3.8, 4) is 11.3 Å². The summed E-state index contributed by atoms with van der Waals surface area (Å²) in [7, 11) is 4.12. The van der Waals surface area contributed by atoms with Crippen molar-refractivity contribution in [1.29, 1.82) is 0 Å². The molecule has 0 fully saturated rings. The molecule has 1 heterocycles. The van der Waals surface area contributed by atoms with E-state index in [9.17, 15) is 0 Å². The largest absolute Gasteiger partial charge is 0.353 e. The minimum absolute atomic E-state index is 0.657. The highest BCUT2D eigenvalue weighted by atomic mass is 15.2. The molecular weight excluding hydrogens is 346 g/mol. The lowest BCUT2D eigenvalue weighted by Crippen LogP contribution is -2.23. The Labute approximate surface area is 168 Å². The predicted molar refractivity (Wildman–Crippen MR) is 118 cm³/mol. The van der Waals surface area contributed by atoms with E-state index in [1.165, 1.54) is 5.56 Å². The first kappa shape index (κ1) is 19.8. The first-order valence-corrected chi connectivity index (χ1v) is 9.74. The SMILES string of the molecule is CCN(c1cccc(C)c1)c1cc(-c2ccccc2)nc(NCCN(C)C)n1. The van der Waals surface area contributed by atoms with Crippen LogP contribution in [0.5, 0.6) is 0 Å². The standard InChI is InChI=1S/C23H29N5/c1-5-28(20-13-9-10-18(2)16-20)22-17-21(19-11-7-6-8-12-19)25-23(26-22)24-14-15-27(3)4/h6-13,16-17H,5,14-15H2,1-4H3,(H,24,25,26). The summed E-state index contributed by atoms with van der Waals surface area (Å²) in [6.07, 6.45) is 0.